The number of nitrogens with one attached hydrogen (secondary N) is 1. The Morgan fingerprint density at radius 2 is 2.27 bits per heavy atom. The average molecular weight is 320 g/mol. The molecular formula is C13H16N6O2S. The summed E-state index contributed by atoms with van der Waals surface area (Å²) in [4.78, 5) is 26.3. The first-order chi connectivity index (χ1) is 10.6. The minimum Gasteiger partial charge on any atom is -0.364 e. The van der Waals surface area contributed by atoms with Gasteiger partial charge >= 0.3 is 0 Å². The summed E-state index contributed by atoms with van der Waals surface area (Å²) in [5.41, 5.74) is 6.79. The smallest absolute Gasteiger partial charge is 0.269 e. The number of nitrogens with zero attached hydrogens (tertiary/aromatic N) is 4. The van der Waals surface area contributed by atoms with Crippen LogP contribution in [0.25, 0.3) is 0 Å². The summed E-state index contributed by atoms with van der Waals surface area (Å²) in [7, 11) is 0. The van der Waals surface area contributed by atoms with E-state index in [2.05, 4.69) is 19.8 Å². The summed E-state index contributed by atoms with van der Waals surface area (Å²) in [6, 6.07) is 1.49. The number of piperidine rings is 1. The number of rotatable bonds is 3. The topological polar surface area (TPSA) is 118 Å². The summed E-state index contributed by atoms with van der Waals surface area (Å²) in [6.45, 7) is 2.43. The Hall–Kier alpha value is -2.29. The lowest BCUT2D eigenvalue weighted by Crippen LogP contribution is -2.38. The van der Waals surface area contributed by atoms with Gasteiger partial charge in [-0.15, -0.1) is 5.10 Å². The van der Waals surface area contributed by atoms with Gasteiger partial charge in [0, 0.05) is 6.54 Å². The molecule has 0 saturated carbocycles. The van der Waals surface area contributed by atoms with E-state index in [0.717, 1.165) is 36.5 Å². The van der Waals surface area contributed by atoms with E-state index in [1.807, 2.05) is 0 Å². The van der Waals surface area contributed by atoms with Crippen LogP contribution in [0, 0.1) is 6.92 Å². The standard InChI is InChI=1S/C13H16N6O2S/c1-7-11(22-18-15-7)13(21)19-5-3-2-4-10(19)8-6-9(12(14)20)17-16-8/h6,10H,2-5H2,1H3,(H2,14,20)(H,16,17)/t10-/m0/s1. The Morgan fingerprint density at radius 1 is 1.45 bits per heavy atom. The summed E-state index contributed by atoms with van der Waals surface area (Å²) >= 11 is 1.11. The van der Waals surface area contributed by atoms with Crippen molar-refractivity contribution in [2.24, 2.45) is 5.73 Å². The Kier molecular flexibility index (Phi) is 3.88. The van der Waals surface area contributed by atoms with Crippen LogP contribution in [0.2, 0.25) is 0 Å². The Bertz CT molecular complexity index is 709. The number of carbonyl (C=O) groups is 2. The predicted molar refractivity (Wildman–Crippen MR) is 79.4 cm³/mol. The van der Waals surface area contributed by atoms with Gasteiger partial charge < -0.3 is 10.6 Å². The van der Waals surface area contributed by atoms with Crippen molar-refractivity contribution < 1.29 is 9.59 Å². The van der Waals surface area contributed by atoms with E-state index in [4.69, 9.17) is 5.73 Å². The molecule has 3 N–H and O–H groups in total. The van der Waals surface area contributed by atoms with Crippen LogP contribution in [-0.2, 0) is 0 Å². The van der Waals surface area contributed by atoms with Crippen molar-refractivity contribution in [3.8, 4) is 0 Å². The molecule has 0 unspecified atom stereocenters. The number of aryl methyl sites for hydroxylation is 1. The molecular weight excluding hydrogens is 304 g/mol. The number of hydrogen-bond donors (Lipinski definition) is 2. The lowest BCUT2D eigenvalue weighted by Gasteiger charge is -2.34. The molecule has 1 saturated heterocycles. The normalized spacial score (nSPS) is 18.4. The molecule has 1 fully saturated rings. The minimum atomic E-state index is -0.585. The van der Waals surface area contributed by atoms with Gasteiger partial charge in [-0.25, -0.2) is 0 Å². The fourth-order valence-electron chi connectivity index (χ4n) is 2.69. The molecule has 0 spiro atoms. The van der Waals surface area contributed by atoms with E-state index in [1.165, 1.54) is 0 Å². The molecule has 2 amide bonds. The van der Waals surface area contributed by atoms with E-state index < -0.39 is 5.91 Å². The highest BCUT2D eigenvalue weighted by Gasteiger charge is 2.32. The molecule has 22 heavy (non-hydrogen) atoms. The maximum Gasteiger partial charge on any atom is 0.269 e. The highest BCUT2D eigenvalue weighted by atomic mass is 32.1. The summed E-state index contributed by atoms with van der Waals surface area (Å²) in [5.74, 6) is -0.661. The van der Waals surface area contributed by atoms with Gasteiger partial charge in [-0.05, 0) is 43.8 Å². The summed E-state index contributed by atoms with van der Waals surface area (Å²) in [6.07, 6.45) is 2.78. The number of aromatic nitrogens is 4. The van der Waals surface area contributed by atoms with E-state index in [-0.39, 0.29) is 17.6 Å². The van der Waals surface area contributed by atoms with Crippen molar-refractivity contribution in [2.75, 3.05) is 6.54 Å². The highest BCUT2D eigenvalue weighted by Crippen LogP contribution is 2.32. The molecule has 8 nitrogen and oxygen atoms in total. The number of aromatic amines is 1. The largest absolute Gasteiger partial charge is 0.364 e. The van der Waals surface area contributed by atoms with Gasteiger partial charge in [-0.1, -0.05) is 4.49 Å². The second kappa shape index (κ2) is 5.84. The van der Waals surface area contributed by atoms with Crippen molar-refractivity contribution >= 4 is 23.3 Å². The lowest BCUT2D eigenvalue weighted by atomic mass is 9.98. The average Bonchev–Trinajstić information content (AvgIpc) is 3.15. The molecule has 0 aromatic carbocycles. The quantitative estimate of drug-likeness (QED) is 0.876. The Balaban J connectivity index is 1.89. The first-order valence-electron chi connectivity index (χ1n) is 7.03. The van der Waals surface area contributed by atoms with Crippen molar-refractivity contribution in [3.05, 3.63) is 28.0 Å². The van der Waals surface area contributed by atoms with E-state index in [0.29, 0.717) is 17.1 Å². The zero-order valence-corrected chi connectivity index (χ0v) is 12.9. The van der Waals surface area contributed by atoms with Crippen molar-refractivity contribution in [2.45, 2.75) is 32.2 Å². The van der Waals surface area contributed by atoms with Gasteiger partial charge in [0.1, 0.15) is 10.6 Å². The van der Waals surface area contributed by atoms with Crippen LogP contribution < -0.4 is 5.73 Å². The van der Waals surface area contributed by atoms with Gasteiger partial charge in [-0.3, -0.25) is 14.7 Å². The molecule has 2 aromatic rings. The second-order valence-corrected chi connectivity index (χ2v) is 6.02. The van der Waals surface area contributed by atoms with E-state index in [1.54, 1.807) is 17.9 Å². The van der Waals surface area contributed by atoms with Crippen LogP contribution in [0.1, 0.15) is 56.9 Å². The zero-order chi connectivity index (χ0) is 15.7. The highest BCUT2D eigenvalue weighted by molar-refractivity contribution is 7.07. The molecule has 0 radical (unpaired) electrons. The van der Waals surface area contributed by atoms with Gasteiger partial charge in [0.25, 0.3) is 11.8 Å². The number of H-pyrrole nitrogens is 1. The van der Waals surface area contributed by atoms with Gasteiger partial charge in [0.15, 0.2) is 0 Å². The molecule has 1 aliphatic rings. The van der Waals surface area contributed by atoms with Crippen LogP contribution in [0.5, 0.6) is 0 Å². The third kappa shape index (κ3) is 2.59. The maximum atomic E-state index is 12.7. The predicted octanol–water partition coefficient (Wildman–Crippen LogP) is 1.04. The number of nitrogens with two attached hydrogens (primary N) is 1. The van der Waals surface area contributed by atoms with Gasteiger partial charge in [-0.2, -0.15) is 5.10 Å². The van der Waals surface area contributed by atoms with Crippen molar-refractivity contribution in [3.63, 3.8) is 0 Å². The van der Waals surface area contributed by atoms with Gasteiger partial charge in [0.2, 0.25) is 0 Å². The summed E-state index contributed by atoms with van der Waals surface area (Å²) in [5, 5.41) is 10.6. The third-order valence-electron chi connectivity index (χ3n) is 3.82. The lowest BCUT2D eigenvalue weighted by molar-refractivity contribution is 0.0610. The first kappa shape index (κ1) is 14.6. The first-order valence-corrected chi connectivity index (χ1v) is 7.80. The van der Waals surface area contributed by atoms with Crippen LogP contribution in [-0.4, -0.2) is 43.0 Å². The van der Waals surface area contributed by atoms with Crippen LogP contribution in [0.3, 0.4) is 0 Å². The van der Waals surface area contributed by atoms with Crippen LogP contribution >= 0.6 is 11.5 Å². The van der Waals surface area contributed by atoms with E-state index in [9.17, 15) is 9.59 Å². The number of hydrogen-bond acceptors (Lipinski definition) is 6. The SMILES string of the molecule is Cc1nnsc1C(=O)N1CCCC[C@H]1c1cc(C(N)=O)n[nH]1. The molecule has 0 aliphatic carbocycles. The van der Waals surface area contributed by atoms with Gasteiger partial charge in [0.05, 0.1) is 17.4 Å². The molecule has 9 heteroatoms. The zero-order valence-electron chi connectivity index (χ0n) is 12.1. The molecule has 1 aliphatic heterocycles. The summed E-state index contributed by atoms with van der Waals surface area (Å²) < 4.78 is 3.83. The molecule has 1 atom stereocenters. The molecule has 116 valence electrons. The molecule has 3 heterocycles. The number of likely N-dealkylation sites (tertiary alicyclic amines) is 1. The monoisotopic (exact) mass is 320 g/mol. The van der Waals surface area contributed by atoms with Crippen molar-refractivity contribution in [1.82, 2.24) is 24.7 Å². The second-order valence-electron chi connectivity index (χ2n) is 5.27. The number of primary amides is 1. The molecule has 3 rings (SSSR count). The Labute approximate surface area is 130 Å². The third-order valence-corrected chi connectivity index (χ3v) is 4.63. The minimum absolute atomic E-state index is 0.0765. The number of amides is 2. The molecule has 0 bridgehead atoms. The van der Waals surface area contributed by atoms with Crippen molar-refractivity contribution in [1.29, 1.82) is 0 Å². The van der Waals surface area contributed by atoms with Crippen LogP contribution in [0.15, 0.2) is 6.07 Å². The fourth-order valence-corrected chi connectivity index (χ4v) is 3.30. The molecule has 2 aromatic heterocycles. The van der Waals surface area contributed by atoms with E-state index >= 15 is 0 Å². The Morgan fingerprint density at radius 3 is 2.91 bits per heavy atom. The fraction of sp³-hybridized carbons (Fsp3) is 0.462. The van der Waals surface area contributed by atoms with Crippen LogP contribution in [0.4, 0.5) is 0 Å². The number of carbonyl (C=O) groups excluding carboxylic acids is 2. The maximum absolute atomic E-state index is 12.7.